The lowest BCUT2D eigenvalue weighted by molar-refractivity contribution is -0.124. The van der Waals surface area contributed by atoms with Gasteiger partial charge in [-0.1, -0.05) is 19.1 Å². The number of hydrogen-bond acceptors (Lipinski definition) is 3. The Kier molecular flexibility index (Phi) is 4.52. The summed E-state index contributed by atoms with van der Waals surface area (Å²) in [4.78, 5) is 15.9. The maximum absolute atomic E-state index is 11.5. The van der Waals surface area contributed by atoms with Crippen LogP contribution in [0, 0.1) is 5.92 Å². The number of nitrogens with one attached hydrogen (secondary N) is 1. The summed E-state index contributed by atoms with van der Waals surface area (Å²) in [5, 5.41) is 2.89. The van der Waals surface area contributed by atoms with Gasteiger partial charge in [-0.3, -0.25) is 4.79 Å². The number of nitrogens with zero attached hydrogens (tertiary/aromatic N) is 2. The van der Waals surface area contributed by atoms with Gasteiger partial charge in [0.05, 0.1) is 17.4 Å². The van der Waals surface area contributed by atoms with Gasteiger partial charge in [0.15, 0.2) is 0 Å². The number of fused-ring (bicyclic) bond motifs is 1. The summed E-state index contributed by atoms with van der Waals surface area (Å²) < 4.78 is 2.11. The Hall–Kier alpha value is -1.88. The monoisotopic (exact) mass is 260 g/mol. The molecule has 0 aliphatic carbocycles. The van der Waals surface area contributed by atoms with Crippen molar-refractivity contribution in [2.75, 3.05) is 13.1 Å². The van der Waals surface area contributed by atoms with Crippen LogP contribution in [0.2, 0.25) is 0 Å². The van der Waals surface area contributed by atoms with E-state index >= 15 is 0 Å². The maximum atomic E-state index is 11.5. The Morgan fingerprint density at radius 2 is 2.26 bits per heavy atom. The molecule has 19 heavy (non-hydrogen) atoms. The van der Waals surface area contributed by atoms with E-state index < -0.39 is 0 Å². The second-order valence-corrected chi connectivity index (χ2v) is 4.71. The first-order valence-corrected chi connectivity index (χ1v) is 6.60. The fourth-order valence-electron chi connectivity index (χ4n) is 1.93. The molecular formula is C14H20N4O. The van der Waals surface area contributed by atoms with Crippen LogP contribution in [0.5, 0.6) is 0 Å². The Bertz CT molecular complexity index is 549. The highest BCUT2D eigenvalue weighted by atomic mass is 16.1. The van der Waals surface area contributed by atoms with Crippen LogP contribution in [-0.4, -0.2) is 28.5 Å². The normalized spacial score (nSPS) is 12.5. The first-order valence-electron chi connectivity index (χ1n) is 6.60. The maximum Gasteiger partial charge on any atom is 0.224 e. The molecule has 1 atom stereocenters. The van der Waals surface area contributed by atoms with Crippen LogP contribution in [0.4, 0.5) is 0 Å². The standard InChI is InChI=1S/C14H20N4O/c1-11(9-15)14(19)16-7-4-8-18-10-17-12-5-2-3-6-13(12)18/h2-3,5-6,10-11H,4,7-9,15H2,1H3,(H,16,19). The third-order valence-corrected chi connectivity index (χ3v) is 3.20. The van der Waals surface area contributed by atoms with Crippen molar-refractivity contribution in [1.82, 2.24) is 14.9 Å². The molecule has 0 fully saturated rings. The summed E-state index contributed by atoms with van der Waals surface area (Å²) in [6.45, 7) is 3.73. The topological polar surface area (TPSA) is 72.9 Å². The number of imidazole rings is 1. The van der Waals surface area contributed by atoms with Gasteiger partial charge in [0.2, 0.25) is 5.91 Å². The third kappa shape index (κ3) is 3.32. The van der Waals surface area contributed by atoms with Gasteiger partial charge in [-0.05, 0) is 18.6 Å². The van der Waals surface area contributed by atoms with Crippen LogP contribution in [0.1, 0.15) is 13.3 Å². The van der Waals surface area contributed by atoms with Crippen molar-refractivity contribution in [3.8, 4) is 0 Å². The molecule has 0 spiro atoms. The molecule has 5 heteroatoms. The number of benzene rings is 1. The van der Waals surface area contributed by atoms with Crippen molar-refractivity contribution >= 4 is 16.9 Å². The van der Waals surface area contributed by atoms with Gasteiger partial charge in [0.25, 0.3) is 0 Å². The first-order chi connectivity index (χ1) is 9.22. The van der Waals surface area contributed by atoms with E-state index in [0.717, 1.165) is 24.0 Å². The SMILES string of the molecule is CC(CN)C(=O)NCCCn1cnc2ccccc21. The minimum absolute atomic E-state index is 0.0259. The number of aromatic nitrogens is 2. The van der Waals surface area contributed by atoms with Crippen LogP contribution in [0.25, 0.3) is 11.0 Å². The highest BCUT2D eigenvalue weighted by molar-refractivity contribution is 5.78. The molecule has 0 saturated carbocycles. The third-order valence-electron chi connectivity index (χ3n) is 3.20. The summed E-state index contributed by atoms with van der Waals surface area (Å²) in [5.41, 5.74) is 7.58. The lowest BCUT2D eigenvalue weighted by atomic mass is 10.2. The highest BCUT2D eigenvalue weighted by Crippen LogP contribution is 2.11. The van der Waals surface area contributed by atoms with E-state index in [-0.39, 0.29) is 11.8 Å². The molecule has 2 rings (SSSR count). The molecule has 2 aromatic rings. The Balaban J connectivity index is 1.82. The van der Waals surface area contributed by atoms with E-state index in [2.05, 4.69) is 20.9 Å². The number of hydrogen-bond donors (Lipinski definition) is 2. The molecular weight excluding hydrogens is 240 g/mol. The minimum Gasteiger partial charge on any atom is -0.356 e. The van der Waals surface area contributed by atoms with Crippen molar-refractivity contribution < 1.29 is 4.79 Å². The summed E-state index contributed by atoms with van der Waals surface area (Å²) in [5.74, 6) is -0.0907. The van der Waals surface area contributed by atoms with Gasteiger partial charge in [-0.25, -0.2) is 4.98 Å². The van der Waals surface area contributed by atoms with Crippen molar-refractivity contribution in [1.29, 1.82) is 0 Å². The molecule has 0 saturated heterocycles. The molecule has 1 aromatic carbocycles. The molecule has 1 heterocycles. The zero-order chi connectivity index (χ0) is 13.7. The van der Waals surface area contributed by atoms with Crippen LogP contribution in [-0.2, 0) is 11.3 Å². The molecule has 3 N–H and O–H groups in total. The van der Waals surface area contributed by atoms with Crippen molar-refractivity contribution in [3.05, 3.63) is 30.6 Å². The van der Waals surface area contributed by atoms with Crippen molar-refractivity contribution in [2.45, 2.75) is 19.9 Å². The number of nitrogens with two attached hydrogens (primary N) is 1. The van der Waals surface area contributed by atoms with Crippen LogP contribution in [0.3, 0.4) is 0 Å². The molecule has 0 aliphatic heterocycles. The molecule has 0 radical (unpaired) electrons. The van der Waals surface area contributed by atoms with Crippen LogP contribution >= 0.6 is 0 Å². The van der Waals surface area contributed by atoms with Crippen molar-refractivity contribution in [2.24, 2.45) is 11.7 Å². The second kappa shape index (κ2) is 6.33. The molecule has 5 nitrogen and oxygen atoms in total. The largest absolute Gasteiger partial charge is 0.356 e. The first kappa shape index (κ1) is 13.5. The quantitative estimate of drug-likeness (QED) is 0.765. The van der Waals surface area contributed by atoms with E-state index in [4.69, 9.17) is 5.73 Å². The number of amides is 1. The smallest absolute Gasteiger partial charge is 0.224 e. The van der Waals surface area contributed by atoms with Gasteiger partial charge in [-0.15, -0.1) is 0 Å². The fourth-order valence-corrected chi connectivity index (χ4v) is 1.93. The fraction of sp³-hybridized carbons (Fsp3) is 0.429. The van der Waals surface area contributed by atoms with Gasteiger partial charge in [0.1, 0.15) is 0 Å². The van der Waals surface area contributed by atoms with Crippen molar-refractivity contribution in [3.63, 3.8) is 0 Å². The Morgan fingerprint density at radius 1 is 1.47 bits per heavy atom. The number of carbonyl (C=O) groups is 1. The molecule has 102 valence electrons. The van der Waals surface area contributed by atoms with Gasteiger partial charge >= 0.3 is 0 Å². The molecule has 1 unspecified atom stereocenters. The van der Waals surface area contributed by atoms with E-state index in [1.165, 1.54) is 0 Å². The summed E-state index contributed by atoms with van der Waals surface area (Å²) in [6, 6.07) is 8.03. The summed E-state index contributed by atoms with van der Waals surface area (Å²) in [6.07, 6.45) is 2.72. The number of rotatable bonds is 6. The van der Waals surface area contributed by atoms with Crippen LogP contribution in [0.15, 0.2) is 30.6 Å². The Labute approximate surface area is 112 Å². The number of para-hydroxylation sites is 2. The Morgan fingerprint density at radius 3 is 3.05 bits per heavy atom. The molecule has 1 amide bonds. The van der Waals surface area contributed by atoms with E-state index in [0.29, 0.717) is 13.1 Å². The molecule has 0 aliphatic rings. The second-order valence-electron chi connectivity index (χ2n) is 4.71. The van der Waals surface area contributed by atoms with Gasteiger partial charge in [-0.2, -0.15) is 0 Å². The van der Waals surface area contributed by atoms with E-state index in [9.17, 15) is 4.79 Å². The molecule has 1 aromatic heterocycles. The number of carbonyl (C=O) groups excluding carboxylic acids is 1. The van der Waals surface area contributed by atoms with Gasteiger partial charge in [0, 0.05) is 25.6 Å². The number of aryl methyl sites for hydroxylation is 1. The summed E-state index contributed by atoms with van der Waals surface area (Å²) >= 11 is 0. The lowest BCUT2D eigenvalue weighted by Gasteiger charge is -2.10. The lowest BCUT2D eigenvalue weighted by Crippen LogP contribution is -2.34. The van der Waals surface area contributed by atoms with E-state index in [1.807, 2.05) is 31.5 Å². The molecule has 0 bridgehead atoms. The average molecular weight is 260 g/mol. The zero-order valence-electron chi connectivity index (χ0n) is 11.2. The van der Waals surface area contributed by atoms with Gasteiger partial charge < -0.3 is 15.6 Å². The predicted molar refractivity (Wildman–Crippen MR) is 75.6 cm³/mol. The highest BCUT2D eigenvalue weighted by Gasteiger charge is 2.09. The summed E-state index contributed by atoms with van der Waals surface area (Å²) in [7, 11) is 0. The predicted octanol–water partition coefficient (Wildman–Crippen LogP) is 1.14. The average Bonchev–Trinajstić information content (AvgIpc) is 2.86. The zero-order valence-corrected chi connectivity index (χ0v) is 11.2. The van der Waals surface area contributed by atoms with Crippen LogP contribution < -0.4 is 11.1 Å². The minimum atomic E-state index is -0.117. The van der Waals surface area contributed by atoms with E-state index in [1.54, 1.807) is 0 Å².